The fraction of sp³-hybridized carbons (Fsp3) is 0.235. The molecule has 1 amide bonds. The normalized spacial score (nSPS) is 11.5. The van der Waals surface area contributed by atoms with E-state index >= 15 is 0 Å². The van der Waals surface area contributed by atoms with E-state index in [1.54, 1.807) is 35.9 Å². The molecular weight excluding hydrogens is 626 g/mol. The fourth-order valence-electron chi connectivity index (χ4n) is 4.62. The molecule has 1 atom stereocenters. The van der Waals surface area contributed by atoms with Crippen LogP contribution in [0.15, 0.2) is 73.1 Å². The Labute approximate surface area is 266 Å². The number of carboxylic acids is 1. The summed E-state index contributed by atoms with van der Waals surface area (Å²) in [4.78, 5) is 30.7. The number of amides is 1. The van der Waals surface area contributed by atoms with Gasteiger partial charge in [0.25, 0.3) is 5.91 Å². The van der Waals surface area contributed by atoms with Gasteiger partial charge in [-0.05, 0) is 61.4 Å². The second-order valence-corrected chi connectivity index (χ2v) is 9.86. The van der Waals surface area contributed by atoms with Crippen LogP contribution in [0.4, 0.5) is 32.0 Å². The van der Waals surface area contributed by atoms with Gasteiger partial charge < -0.3 is 15.7 Å². The van der Waals surface area contributed by atoms with Crippen molar-refractivity contribution in [3.8, 4) is 11.1 Å². The molecule has 0 fully saturated rings. The van der Waals surface area contributed by atoms with Crippen molar-refractivity contribution in [2.45, 2.75) is 46.3 Å². The highest BCUT2D eigenvalue weighted by atomic mass is 19.4. The van der Waals surface area contributed by atoms with Crippen LogP contribution in [0.2, 0.25) is 0 Å². The van der Waals surface area contributed by atoms with Gasteiger partial charge in [0.2, 0.25) is 0 Å². The molecule has 13 heteroatoms. The van der Waals surface area contributed by atoms with Crippen LogP contribution in [0.1, 0.15) is 43.1 Å². The Morgan fingerprint density at radius 3 is 1.89 bits per heavy atom. The molecule has 0 radical (unpaired) electrons. The van der Waals surface area contributed by atoms with Gasteiger partial charge in [-0.3, -0.25) is 19.6 Å². The number of aliphatic carboxylic acids is 1. The number of carboxylic acid groups (broad SMARTS) is 1. The number of hydrogen-bond acceptors (Lipinski definition) is 5. The number of alkyl halides is 3. The largest absolute Gasteiger partial charge is 0.480 e. The first-order valence-electron chi connectivity index (χ1n) is 14.5. The number of aromatic nitrogens is 2. The predicted molar refractivity (Wildman–Crippen MR) is 169 cm³/mol. The lowest BCUT2D eigenvalue weighted by molar-refractivity contribution is -0.143. The van der Waals surface area contributed by atoms with Gasteiger partial charge in [-0.1, -0.05) is 39.0 Å². The van der Waals surface area contributed by atoms with Crippen LogP contribution in [-0.4, -0.2) is 45.7 Å². The number of nitrogens with one attached hydrogen (secondary N) is 2. The molecule has 3 aromatic carbocycles. The molecule has 5 aromatic rings. The SMILES string of the molecule is CC.CCC(Nc1cc(F)c(C(=O)NCC(=O)O)c(F)c1)C(F)(F)F.Cc1ccc(-c2ccc(F)c3cccnc23)c2ncccc12. The topological polar surface area (TPSA) is 104 Å². The molecule has 0 aliphatic rings. The van der Waals surface area contributed by atoms with E-state index in [0.717, 1.165) is 22.0 Å². The Balaban J connectivity index is 0.000000243. The number of pyridine rings is 2. The summed E-state index contributed by atoms with van der Waals surface area (Å²) in [6.07, 6.45) is -1.51. The summed E-state index contributed by atoms with van der Waals surface area (Å²) in [7, 11) is 0. The summed E-state index contributed by atoms with van der Waals surface area (Å²) in [5.41, 5.74) is 3.08. The van der Waals surface area contributed by atoms with Gasteiger partial charge in [0, 0.05) is 40.0 Å². The molecule has 0 aliphatic heterocycles. The van der Waals surface area contributed by atoms with Crippen LogP contribution >= 0.6 is 0 Å². The van der Waals surface area contributed by atoms with Gasteiger partial charge >= 0.3 is 12.1 Å². The third-order valence-electron chi connectivity index (χ3n) is 6.81. The zero-order valence-electron chi connectivity index (χ0n) is 25.8. The van der Waals surface area contributed by atoms with Crippen molar-refractivity contribution < 1.29 is 41.0 Å². The molecule has 5 rings (SSSR count). The van der Waals surface area contributed by atoms with Crippen LogP contribution < -0.4 is 10.6 Å². The zero-order valence-corrected chi connectivity index (χ0v) is 25.8. The van der Waals surface area contributed by atoms with Crippen LogP contribution in [0.3, 0.4) is 0 Å². The van der Waals surface area contributed by atoms with Crippen molar-refractivity contribution in [2.24, 2.45) is 0 Å². The lowest BCUT2D eigenvalue weighted by Crippen LogP contribution is -2.35. The first kappa shape index (κ1) is 36.3. The number of halogens is 6. The summed E-state index contributed by atoms with van der Waals surface area (Å²) in [6, 6.07) is 13.9. The Morgan fingerprint density at radius 2 is 1.36 bits per heavy atom. The molecule has 0 bridgehead atoms. The maximum atomic E-state index is 14.0. The van der Waals surface area contributed by atoms with Gasteiger partial charge in [0.05, 0.1) is 11.0 Å². The molecule has 2 heterocycles. The molecule has 7 nitrogen and oxygen atoms in total. The van der Waals surface area contributed by atoms with Crippen molar-refractivity contribution in [2.75, 3.05) is 11.9 Å². The van der Waals surface area contributed by atoms with E-state index in [0.29, 0.717) is 23.0 Å². The smallest absolute Gasteiger partial charge is 0.408 e. The quantitative estimate of drug-likeness (QED) is 0.152. The van der Waals surface area contributed by atoms with E-state index in [2.05, 4.69) is 29.0 Å². The fourth-order valence-corrected chi connectivity index (χ4v) is 4.62. The number of nitrogens with zero attached hydrogens (tertiary/aromatic N) is 2. The third kappa shape index (κ3) is 8.75. The summed E-state index contributed by atoms with van der Waals surface area (Å²) >= 11 is 0. The molecular formula is C34H32F6N4O3. The Hall–Kier alpha value is -5.20. The van der Waals surface area contributed by atoms with Crippen molar-refractivity contribution in [1.29, 1.82) is 0 Å². The van der Waals surface area contributed by atoms with E-state index in [1.165, 1.54) is 18.6 Å². The van der Waals surface area contributed by atoms with Crippen molar-refractivity contribution in [3.05, 3.63) is 102 Å². The van der Waals surface area contributed by atoms with E-state index in [1.807, 2.05) is 31.3 Å². The van der Waals surface area contributed by atoms with Crippen LogP contribution in [0, 0.1) is 24.4 Å². The molecule has 248 valence electrons. The van der Waals surface area contributed by atoms with E-state index < -0.39 is 53.5 Å². The monoisotopic (exact) mass is 658 g/mol. The average molecular weight is 659 g/mol. The number of anilines is 1. The minimum atomic E-state index is -4.61. The highest BCUT2D eigenvalue weighted by molar-refractivity contribution is 6.03. The maximum Gasteiger partial charge on any atom is 0.408 e. The standard InChI is InChI=1S/C19H13FN2.C13H13F5N2O3.C2H6/c1-12-6-7-14(18-13(12)4-2-10-21-18)15-8-9-17(20)16-5-3-11-22-19(15)16;1-2-9(13(16,17)18)20-6-3-7(14)11(8(15)4-6)12(23)19-5-10(21)22;1-2/h2-11H,1H3;3-4,9,20H,2,5H2,1H3,(H,19,23)(H,21,22);1-2H3. The van der Waals surface area contributed by atoms with Crippen LogP contribution in [0.5, 0.6) is 0 Å². The number of carbonyl (C=O) groups excluding carboxylic acids is 1. The summed E-state index contributed by atoms with van der Waals surface area (Å²) < 4.78 is 79.4. The molecule has 47 heavy (non-hydrogen) atoms. The van der Waals surface area contributed by atoms with Crippen molar-refractivity contribution >= 4 is 39.4 Å². The van der Waals surface area contributed by atoms with Crippen molar-refractivity contribution in [1.82, 2.24) is 15.3 Å². The number of rotatable bonds is 7. The molecule has 2 aromatic heterocycles. The van der Waals surface area contributed by atoms with Gasteiger partial charge in [-0.25, -0.2) is 13.2 Å². The Kier molecular flexibility index (Phi) is 12.3. The molecule has 0 saturated carbocycles. The second kappa shape index (κ2) is 15.9. The number of hydrogen-bond donors (Lipinski definition) is 3. The molecule has 0 spiro atoms. The second-order valence-electron chi connectivity index (χ2n) is 9.86. The predicted octanol–water partition coefficient (Wildman–Crippen LogP) is 8.46. The summed E-state index contributed by atoms with van der Waals surface area (Å²) in [6.45, 7) is 6.45. The first-order valence-corrected chi connectivity index (χ1v) is 14.5. The number of aryl methyl sites for hydroxylation is 1. The molecule has 0 aliphatic carbocycles. The average Bonchev–Trinajstić information content (AvgIpc) is 3.04. The Morgan fingerprint density at radius 1 is 0.830 bits per heavy atom. The summed E-state index contributed by atoms with van der Waals surface area (Å²) in [5, 5.41) is 13.7. The first-order chi connectivity index (χ1) is 22.3. The minimum absolute atomic E-state index is 0.253. The lowest BCUT2D eigenvalue weighted by atomic mass is 9.97. The van der Waals surface area contributed by atoms with E-state index in [4.69, 9.17) is 5.11 Å². The van der Waals surface area contributed by atoms with Gasteiger partial charge in [0.15, 0.2) is 0 Å². The maximum absolute atomic E-state index is 14.0. The highest BCUT2D eigenvalue weighted by Crippen LogP contribution is 2.34. The number of fused-ring (bicyclic) bond motifs is 2. The molecule has 3 N–H and O–H groups in total. The number of carbonyl (C=O) groups is 2. The molecule has 1 unspecified atom stereocenters. The van der Waals surface area contributed by atoms with Crippen LogP contribution in [-0.2, 0) is 4.79 Å². The zero-order chi connectivity index (χ0) is 34.9. The van der Waals surface area contributed by atoms with Gasteiger partial charge in [0.1, 0.15) is 35.6 Å². The van der Waals surface area contributed by atoms with E-state index in [-0.39, 0.29) is 12.2 Å². The minimum Gasteiger partial charge on any atom is -0.480 e. The number of benzene rings is 3. The van der Waals surface area contributed by atoms with Crippen molar-refractivity contribution in [3.63, 3.8) is 0 Å². The Bertz CT molecular complexity index is 1770. The molecule has 0 saturated heterocycles. The van der Waals surface area contributed by atoms with E-state index in [9.17, 15) is 35.9 Å². The third-order valence-corrected chi connectivity index (χ3v) is 6.81. The highest BCUT2D eigenvalue weighted by Gasteiger charge is 2.38. The summed E-state index contributed by atoms with van der Waals surface area (Å²) in [5.74, 6) is -5.82. The van der Waals surface area contributed by atoms with Gasteiger partial charge in [-0.2, -0.15) is 13.2 Å². The lowest BCUT2D eigenvalue weighted by Gasteiger charge is -2.21. The van der Waals surface area contributed by atoms with Gasteiger partial charge in [-0.15, -0.1) is 0 Å². The van der Waals surface area contributed by atoms with Crippen LogP contribution in [0.25, 0.3) is 32.9 Å².